The maximum Gasteiger partial charge on any atom is 0.325 e. The first-order valence-electron chi connectivity index (χ1n) is 7.57. The molecule has 0 bridgehead atoms. The second-order valence-electron chi connectivity index (χ2n) is 6.26. The van der Waals surface area contributed by atoms with Gasteiger partial charge in [0.2, 0.25) is 0 Å². The molecule has 0 radical (unpaired) electrons. The summed E-state index contributed by atoms with van der Waals surface area (Å²) in [6.07, 6.45) is 5.31. The van der Waals surface area contributed by atoms with Crippen molar-refractivity contribution in [2.75, 3.05) is 18.0 Å². The molecule has 124 valence electrons. The van der Waals surface area contributed by atoms with Gasteiger partial charge in [-0.05, 0) is 19.4 Å². The van der Waals surface area contributed by atoms with Crippen LogP contribution in [0.2, 0.25) is 0 Å². The summed E-state index contributed by atoms with van der Waals surface area (Å²) in [5.74, 6) is 0. The Balaban J connectivity index is 1.89. The fourth-order valence-corrected chi connectivity index (χ4v) is 3.02. The Kier molecular flexibility index (Phi) is 3.07. The van der Waals surface area contributed by atoms with Crippen LogP contribution in [0, 0.1) is 0 Å². The van der Waals surface area contributed by atoms with Gasteiger partial charge in [-0.3, -0.25) is 9.78 Å². The smallest absolute Gasteiger partial charge is 0.325 e. The lowest BCUT2D eigenvalue weighted by Crippen LogP contribution is -2.30. The van der Waals surface area contributed by atoms with Crippen LogP contribution in [0.1, 0.15) is 13.3 Å². The number of hydrogen-bond donors (Lipinski definition) is 3. The summed E-state index contributed by atoms with van der Waals surface area (Å²) < 4.78 is 1.59. The Morgan fingerprint density at radius 2 is 2.21 bits per heavy atom. The molecular weight excluding hydrogens is 312 g/mol. The molecule has 1 aliphatic heterocycles. The quantitative estimate of drug-likeness (QED) is 0.596. The van der Waals surface area contributed by atoms with E-state index in [1.54, 1.807) is 29.9 Å². The second kappa shape index (κ2) is 5.03. The summed E-state index contributed by atoms with van der Waals surface area (Å²) in [5.41, 5.74) is 0.277. The van der Waals surface area contributed by atoms with E-state index in [9.17, 15) is 14.7 Å². The number of H-pyrrole nitrogens is 2. The Morgan fingerprint density at radius 1 is 1.38 bits per heavy atom. The predicted molar refractivity (Wildman–Crippen MR) is 87.1 cm³/mol. The van der Waals surface area contributed by atoms with Crippen molar-refractivity contribution in [3.05, 3.63) is 45.5 Å². The van der Waals surface area contributed by atoms with E-state index in [4.69, 9.17) is 0 Å². The van der Waals surface area contributed by atoms with Crippen molar-refractivity contribution in [2.24, 2.45) is 0 Å². The van der Waals surface area contributed by atoms with Gasteiger partial charge < -0.3 is 15.0 Å². The van der Waals surface area contributed by atoms with Crippen molar-refractivity contribution in [2.45, 2.75) is 18.9 Å². The number of hydrogen-bond acceptors (Lipinski definition) is 6. The SMILES string of the molecule is CC1(O)CCN(c2cc(-c3c[nH]c(=O)[nH]c3=O)nn3ccnc23)C1. The average Bonchev–Trinajstić information content (AvgIpc) is 3.12. The van der Waals surface area contributed by atoms with E-state index in [-0.39, 0.29) is 5.56 Å². The summed E-state index contributed by atoms with van der Waals surface area (Å²) in [7, 11) is 0. The van der Waals surface area contributed by atoms with Gasteiger partial charge in [-0.2, -0.15) is 5.10 Å². The van der Waals surface area contributed by atoms with Crippen LogP contribution in [0.5, 0.6) is 0 Å². The number of aliphatic hydroxyl groups is 1. The highest BCUT2D eigenvalue weighted by atomic mass is 16.3. The van der Waals surface area contributed by atoms with E-state index in [0.29, 0.717) is 30.9 Å². The number of nitrogens with zero attached hydrogens (tertiary/aromatic N) is 4. The Labute approximate surface area is 135 Å². The van der Waals surface area contributed by atoms with Gasteiger partial charge in [0.15, 0.2) is 5.65 Å². The van der Waals surface area contributed by atoms with Crippen molar-refractivity contribution in [3.63, 3.8) is 0 Å². The zero-order chi connectivity index (χ0) is 16.9. The highest BCUT2D eigenvalue weighted by Gasteiger charge is 2.33. The molecule has 3 N–H and O–H groups in total. The van der Waals surface area contributed by atoms with E-state index in [0.717, 1.165) is 5.69 Å². The van der Waals surface area contributed by atoms with Gasteiger partial charge in [-0.1, -0.05) is 0 Å². The highest BCUT2D eigenvalue weighted by molar-refractivity contribution is 5.74. The lowest BCUT2D eigenvalue weighted by molar-refractivity contribution is 0.0839. The van der Waals surface area contributed by atoms with E-state index in [1.807, 2.05) is 4.90 Å². The molecule has 3 aromatic heterocycles. The fourth-order valence-electron chi connectivity index (χ4n) is 3.02. The van der Waals surface area contributed by atoms with E-state index < -0.39 is 16.9 Å². The molecule has 3 aromatic rings. The molecule has 4 rings (SSSR count). The van der Waals surface area contributed by atoms with E-state index in [1.165, 1.54) is 6.20 Å². The van der Waals surface area contributed by atoms with Crippen LogP contribution in [0.15, 0.2) is 34.2 Å². The van der Waals surface area contributed by atoms with Crippen molar-refractivity contribution in [3.8, 4) is 11.3 Å². The molecule has 1 unspecified atom stereocenters. The first kappa shape index (κ1) is 14.6. The fraction of sp³-hybridized carbons (Fsp3) is 0.333. The molecule has 0 aliphatic carbocycles. The molecule has 0 amide bonds. The van der Waals surface area contributed by atoms with Gasteiger partial charge in [0, 0.05) is 31.7 Å². The summed E-state index contributed by atoms with van der Waals surface area (Å²) in [4.78, 5) is 34.3. The van der Waals surface area contributed by atoms with Gasteiger partial charge in [-0.15, -0.1) is 0 Å². The molecule has 9 nitrogen and oxygen atoms in total. The normalized spacial score (nSPS) is 20.8. The summed E-state index contributed by atoms with van der Waals surface area (Å²) in [6.45, 7) is 2.95. The van der Waals surface area contributed by atoms with Crippen LogP contribution in [0.3, 0.4) is 0 Å². The molecule has 0 spiro atoms. The maximum atomic E-state index is 12.1. The van der Waals surface area contributed by atoms with E-state index in [2.05, 4.69) is 20.1 Å². The molecule has 9 heteroatoms. The van der Waals surface area contributed by atoms with Gasteiger partial charge >= 0.3 is 5.69 Å². The Bertz CT molecular complexity index is 1030. The number of rotatable bonds is 2. The molecule has 1 aliphatic rings. The van der Waals surface area contributed by atoms with Gasteiger partial charge in [0.05, 0.1) is 16.9 Å². The number of imidazole rings is 1. The van der Waals surface area contributed by atoms with Crippen LogP contribution < -0.4 is 16.1 Å². The predicted octanol–water partition coefficient (Wildman–Crippen LogP) is -0.266. The topological polar surface area (TPSA) is 119 Å². The van der Waals surface area contributed by atoms with Gasteiger partial charge in [0.25, 0.3) is 5.56 Å². The van der Waals surface area contributed by atoms with E-state index >= 15 is 0 Å². The largest absolute Gasteiger partial charge is 0.388 e. The first-order valence-corrected chi connectivity index (χ1v) is 7.57. The highest BCUT2D eigenvalue weighted by Crippen LogP contribution is 2.30. The van der Waals surface area contributed by atoms with Crippen molar-refractivity contribution < 1.29 is 5.11 Å². The Hall–Kier alpha value is -2.94. The van der Waals surface area contributed by atoms with Crippen molar-refractivity contribution >= 4 is 11.3 Å². The summed E-state index contributed by atoms with van der Waals surface area (Å²) >= 11 is 0. The number of nitrogens with one attached hydrogen (secondary N) is 2. The third kappa shape index (κ3) is 2.38. The molecule has 1 atom stereocenters. The number of β-amino-alcohol motifs (C(OH)–C–C–N with tert-alkyl or cyclic N) is 1. The van der Waals surface area contributed by atoms with Crippen LogP contribution in [-0.4, -0.2) is 48.4 Å². The summed E-state index contributed by atoms with van der Waals surface area (Å²) in [5, 5.41) is 14.6. The van der Waals surface area contributed by atoms with Crippen LogP contribution in [0.4, 0.5) is 5.69 Å². The van der Waals surface area contributed by atoms with Gasteiger partial charge in [0.1, 0.15) is 5.69 Å². The zero-order valence-electron chi connectivity index (χ0n) is 13.0. The summed E-state index contributed by atoms with van der Waals surface area (Å²) in [6, 6.07) is 1.76. The number of anilines is 1. The van der Waals surface area contributed by atoms with Gasteiger partial charge in [-0.25, -0.2) is 14.3 Å². The van der Waals surface area contributed by atoms with Crippen LogP contribution in [-0.2, 0) is 0 Å². The molecule has 24 heavy (non-hydrogen) atoms. The minimum absolute atomic E-state index is 0.261. The molecule has 4 heterocycles. The minimum atomic E-state index is -0.761. The molecule has 0 aromatic carbocycles. The zero-order valence-corrected chi connectivity index (χ0v) is 13.0. The monoisotopic (exact) mass is 328 g/mol. The third-order valence-corrected chi connectivity index (χ3v) is 4.23. The number of aromatic nitrogens is 5. The Morgan fingerprint density at radius 3 is 2.92 bits per heavy atom. The molecule has 1 saturated heterocycles. The average molecular weight is 328 g/mol. The molecular formula is C15H16N6O3. The van der Waals surface area contributed by atoms with Crippen molar-refractivity contribution in [1.29, 1.82) is 0 Å². The third-order valence-electron chi connectivity index (χ3n) is 4.23. The number of aromatic amines is 2. The maximum absolute atomic E-state index is 12.1. The first-order chi connectivity index (χ1) is 11.4. The number of fused-ring (bicyclic) bond motifs is 1. The lowest BCUT2D eigenvalue weighted by atomic mass is 10.1. The minimum Gasteiger partial charge on any atom is -0.388 e. The van der Waals surface area contributed by atoms with Crippen molar-refractivity contribution in [1.82, 2.24) is 24.6 Å². The second-order valence-corrected chi connectivity index (χ2v) is 6.26. The lowest BCUT2D eigenvalue weighted by Gasteiger charge is -2.21. The van der Waals surface area contributed by atoms with Crippen LogP contribution in [0.25, 0.3) is 16.9 Å². The molecule has 1 fully saturated rings. The van der Waals surface area contributed by atoms with Crippen LogP contribution >= 0.6 is 0 Å². The standard InChI is InChI=1S/C15H16N6O3/c1-15(24)2-4-20(8-15)11-6-10(19-21-5-3-16-12(11)21)9-7-17-14(23)18-13(9)22/h3,5-7,24H,2,4,8H2,1H3,(H2,17,18,22,23). The molecule has 0 saturated carbocycles.